The normalized spacial score (nSPS) is 23.9. The zero-order chi connectivity index (χ0) is 10.6. The average Bonchev–Trinajstić information content (AvgIpc) is 2.63. The molecule has 0 aliphatic carbocycles. The molecule has 5 heteroatoms. The summed E-state index contributed by atoms with van der Waals surface area (Å²) in [6, 6.07) is 0. The van der Waals surface area contributed by atoms with Gasteiger partial charge in [0.25, 0.3) is 0 Å². The zero-order valence-electron chi connectivity index (χ0n) is 8.57. The van der Waals surface area contributed by atoms with Crippen molar-refractivity contribution in [3.05, 3.63) is 12.0 Å². The van der Waals surface area contributed by atoms with Gasteiger partial charge in [0, 0.05) is 18.5 Å². The van der Waals surface area contributed by atoms with Gasteiger partial charge in [0.1, 0.15) is 0 Å². The first-order valence-corrected chi connectivity index (χ1v) is 6.46. The first kappa shape index (κ1) is 11.7. The van der Waals surface area contributed by atoms with Crippen molar-refractivity contribution >= 4 is 10.0 Å². The van der Waals surface area contributed by atoms with E-state index in [2.05, 4.69) is 23.1 Å². The van der Waals surface area contributed by atoms with E-state index in [0.717, 1.165) is 31.5 Å². The highest BCUT2D eigenvalue weighted by Gasteiger charge is 2.21. The summed E-state index contributed by atoms with van der Waals surface area (Å²) in [5.74, 6) is 0.449. The van der Waals surface area contributed by atoms with Gasteiger partial charge in [-0.25, -0.2) is 13.1 Å². The summed E-state index contributed by atoms with van der Waals surface area (Å²) < 4.78 is 24.7. The number of sulfonamides is 1. The van der Waals surface area contributed by atoms with Gasteiger partial charge in [-0.2, -0.15) is 0 Å². The highest BCUT2D eigenvalue weighted by Crippen LogP contribution is 2.14. The Labute approximate surface area is 86.0 Å². The molecule has 1 aliphatic rings. The van der Waals surface area contributed by atoms with Crippen LogP contribution in [-0.4, -0.2) is 39.5 Å². The number of hydrogen-bond acceptors (Lipinski definition) is 3. The molecule has 0 aromatic heterocycles. The fourth-order valence-electron chi connectivity index (χ4n) is 1.66. The Morgan fingerprint density at radius 1 is 1.64 bits per heavy atom. The van der Waals surface area contributed by atoms with Crippen LogP contribution in [0.4, 0.5) is 0 Å². The van der Waals surface area contributed by atoms with Crippen molar-refractivity contribution in [2.45, 2.75) is 13.3 Å². The van der Waals surface area contributed by atoms with Crippen LogP contribution in [0.5, 0.6) is 0 Å². The van der Waals surface area contributed by atoms with Crippen molar-refractivity contribution in [3.8, 4) is 0 Å². The van der Waals surface area contributed by atoms with Gasteiger partial charge in [0.15, 0.2) is 0 Å². The van der Waals surface area contributed by atoms with Crippen LogP contribution in [0, 0.1) is 5.92 Å². The Morgan fingerprint density at radius 2 is 2.36 bits per heavy atom. The molecule has 1 N–H and O–H groups in total. The summed E-state index contributed by atoms with van der Waals surface area (Å²) in [6.45, 7) is 9.02. The summed E-state index contributed by atoms with van der Waals surface area (Å²) in [7, 11) is -3.24. The summed E-state index contributed by atoms with van der Waals surface area (Å²) in [5.41, 5.74) is 0. The molecule has 0 aromatic rings. The number of rotatable bonds is 5. The molecule has 0 aromatic carbocycles. The second-order valence-corrected chi connectivity index (χ2v) is 5.32. The molecule has 1 saturated heterocycles. The van der Waals surface area contributed by atoms with E-state index in [1.807, 2.05) is 0 Å². The van der Waals surface area contributed by atoms with Crippen molar-refractivity contribution in [2.24, 2.45) is 5.92 Å². The summed E-state index contributed by atoms with van der Waals surface area (Å²) in [4.78, 5) is 2.33. The van der Waals surface area contributed by atoms with Crippen LogP contribution in [-0.2, 0) is 10.0 Å². The van der Waals surface area contributed by atoms with E-state index in [9.17, 15) is 8.42 Å². The minimum Gasteiger partial charge on any atom is -0.303 e. The van der Waals surface area contributed by atoms with Gasteiger partial charge >= 0.3 is 0 Å². The molecule has 0 bridgehead atoms. The molecule has 0 radical (unpaired) electrons. The van der Waals surface area contributed by atoms with E-state index < -0.39 is 10.0 Å². The number of likely N-dealkylation sites (tertiary alicyclic amines) is 1. The Morgan fingerprint density at radius 3 is 2.86 bits per heavy atom. The van der Waals surface area contributed by atoms with Crippen LogP contribution in [0.3, 0.4) is 0 Å². The molecule has 1 heterocycles. The van der Waals surface area contributed by atoms with Crippen LogP contribution >= 0.6 is 0 Å². The highest BCUT2D eigenvalue weighted by atomic mass is 32.2. The molecule has 1 rings (SSSR count). The molecule has 0 unspecified atom stereocenters. The Kier molecular flexibility index (Phi) is 4.10. The SMILES string of the molecule is C=CS(=O)(=O)NC[C@H]1CCN(CC)C1. The molecule has 0 amide bonds. The molecule has 0 spiro atoms. The van der Waals surface area contributed by atoms with E-state index >= 15 is 0 Å². The fraction of sp³-hybridized carbons (Fsp3) is 0.778. The summed E-state index contributed by atoms with van der Waals surface area (Å²) in [6.07, 6.45) is 1.08. The lowest BCUT2D eigenvalue weighted by Crippen LogP contribution is -2.29. The van der Waals surface area contributed by atoms with Gasteiger partial charge in [0.2, 0.25) is 10.0 Å². The topological polar surface area (TPSA) is 49.4 Å². The lowest BCUT2D eigenvalue weighted by molar-refractivity contribution is 0.342. The molecular weight excluding hydrogens is 200 g/mol. The van der Waals surface area contributed by atoms with Crippen LogP contribution < -0.4 is 4.72 Å². The Hall–Kier alpha value is -0.390. The predicted molar refractivity (Wildman–Crippen MR) is 57.3 cm³/mol. The third-order valence-corrected chi connectivity index (χ3v) is 3.62. The molecular formula is C9H18N2O2S. The Balaban J connectivity index is 2.30. The lowest BCUT2D eigenvalue weighted by atomic mass is 10.1. The highest BCUT2D eigenvalue weighted by molar-refractivity contribution is 7.92. The van der Waals surface area contributed by atoms with Crippen LogP contribution in [0.2, 0.25) is 0 Å². The smallest absolute Gasteiger partial charge is 0.233 e. The monoisotopic (exact) mass is 218 g/mol. The molecule has 82 valence electrons. The molecule has 14 heavy (non-hydrogen) atoms. The molecule has 1 fully saturated rings. The maximum Gasteiger partial charge on any atom is 0.233 e. The van der Waals surface area contributed by atoms with Gasteiger partial charge in [-0.3, -0.25) is 0 Å². The minimum absolute atomic E-state index is 0.449. The molecule has 1 aliphatic heterocycles. The van der Waals surface area contributed by atoms with E-state index in [0.29, 0.717) is 12.5 Å². The van der Waals surface area contributed by atoms with Crippen molar-refractivity contribution < 1.29 is 8.42 Å². The standard InChI is InChI=1S/C9H18N2O2S/c1-3-11-6-5-9(8-11)7-10-14(12,13)4-2/h4,9-10H,2-3,5-8H2,1H3/t9-/m1/s1. The summed E-state index contributed by atoms with van der Waals surface area (Å²) in [5, 5.41) is 0.958. The van der Waals surface area contributed by atoms with E-state index in [-0.39, 0.29) is 0 Å². The number of nitrogens with one attached hydrogen (secondary N) is 1. The fourth-order valence-corrected chi connectivity index (χ4v) is 2.25. The number of hydrogen-bond donors (Lipinski definition) is 1. The van der Waals surface area contributed by atoms with Crippen molar-refractivity contribution in [1.82, 2.24) is 9.62 Å². The second-order valence-electron chi connectivity index (χ2n) is 3.61. The molecule has 0 saturated carbocycles. The summed E-state index contributed by atoms with van der Waals surface area (Å²) >= 11 is 0. The van der Waals surface area contributed by atoms with Crippen LogP contribution in [0.15, 0.2) is 12.0 Å². The average molecular weight is 218 g/mol. The minimum atomic E-state index is -3.24. The van der Waals surface area contributed by atoms with Crippen molar-refractivity contribution in [3.63, 3.8) is 0 Å². The largest absolute Gasteiger partial charge is 0.303 e. The quantitative estimate of drug-likeness (QED) is 0.726. The van der Waals surface area contributed by atoms with Crippen molar-refractivity contribution in [1.29, 1.82) is 0 Å². The third-order valence-electron chi connectivity index (χ3n) is 2.61. The maximum absolute atomic E-state index is 11.1. The molecule has 4 nitrogen and oxygen atoms in total. The number of nitrogens with zero attached hydrogens (tertiary/aromatic N) is 1. The first-order chi connectivity index (χ1) is 6.57. The lowest BCUT2D eigenvalue weighted by Gasteiger charge is -2.12. The third kappa shape index (κ3) is 3.40. The molecule has 1 atom stereocenters. The van der Waals surface area contributed by atoms with Gasteiger partial charge in [-0.05, 0) is 25.4 Å². The Bertz CT molecular complexity index is 287. The van der Waals surface area contributed by atoms with E-state index in [1.54, 1.807) is 0 Å². The van der Waals surface area contributed by atoms with E-state index in [4.69, 9.17) is 0 Å². The van der Waals surface area contributed by atoms with Gasteiger partial charge < -0.3 is 4.90 Å². The van der Waals surface area contributed by atoms with E-state index in [1.165, 1.54) is 0 Å². The predicted octanol–water partition coefficient (Wildman–Crippen LogP) is 0.391. The van der Waals surface area contributed by atoms with Crippen LogP contribution in [0.1, 0.15) is 13.3 Å². The maximum atomic E-state index is 11.1. The van der Waals surface area contributed by atoms with Gasteiger partial charge in [-0.15, -0.1) is 0 Å². The van der Waals surface area contributed by atoms with Crippen LogP contribution in [0.25, 0.3) is 0 Å². The van der Waals surface area contributed by atoms with Crippen molar-refractivity contribution in [2.75, 3.05) is 26.2 Å². The first-order valence-electron chi connectivity index (χ1n) is 4.92. The van der Waals surface area contributed by atoms with Gasteiger partial charge in [-0.1, -0.05) is 13.5 Å². The zero-order valence-corrected chi connectivity index (χ0v) is 9.39. The second kappa shape index (κ2) is 4.91. The van der Waals surface area contributed by atoms with Gasteiger partial charge in [0.05, 0.1) is 0 Å².